The van der Waals surface area contributed by atoms with E-state index in [2.05, 4.69) is 6.07 Å². The fourth-order valence-electron chi connectivity index (χ4n) is 1.59. The van der Waals surface area contributed by atoms with Crippen molar-refractivity contribution in [1.82, 2.24) is 0 Å². The zero-order valence-electron chi connectivity index (χ0n) is 9.67. The van der Waals surface area contributed by atoms with Crippen molar-refractivity contribution >= 4 is 16.5 Å². The SMILES string of the molecule is N#Cc1ccc(CS(=O)c2ccccc2N)cc1. The average Bonchev–Trinajstić information content (AvgIpc) is 2.40. The van der Waals surface area contributed by atoms with Crippen molar-refractivity contribution < 1.29 is 4.21 Å². The molecule has 0 amide bonds. The minimum Gasteiger partial charge on any atom is -0.398 e. The summed E-state index contributed by atoms with van der Waals surface area (Å²) < 4.78 is 12.2. The Morgan fingerprint density at radius 3 is 2.39 bits per heavy atom. The summed E-state index contributed by atoms with van der Waals surface area (Å²) in [4.78, 5) is 0.654. The molecule has 0 bridgehead atoms. The van der Waals surface area contributed by atoms with Crippen LogP contribution in [0, 0.1) is 11.3 Å². The van der Waals surface area contributed by atoms with Crippen LogP contribution in [0.15, 0.2) is 53.4 Å². The largest absolute Gasteiger partial charge is 0.398 e. The second-order valence-corrected chi connectivity index (χ2v) is 5.26. The number of nitrogens with two attached hydrogens (primary N) is 1. The summed E-state index contributed by atoms with van der Waals surface area (Å²) in [5.74, 6) is 0.403. The molecule has 1 atom stereocenters. The Balaban J connectivity index is 2.17. The van der Waals surface area contributed by atoms with Crippen LogP contribution in [0.4, 0.5) is 5.69 Å². The normalized spacial score (nSPS) is 11.7. The summed E-state index contributed by atoms with van der Waals surface area (Å²) in [5.41, 5.74) is 7.86. The fourth-order valence-corrected chi connectivity index (χ4v) is 2.80. The molecule has 0 radical (unpaired) electrons. The van der Waals surface area contributed by atoms with Crippen molar-refractivity contribution in [3.05, 3.63) is 59.7 Å². The molecule has 0 aromatic heterocycles. The molecular formula is C14H12N2OS. The van der Waals surface area contributed by atoms with E-state index in [1.165, 1.54) is 0 Å². The van der Waals surface area contributed by atoms with E-state index in [9.17, 15) is 4.21 Å². The van der Waals surface area contributed by atoms with E-state index in [0.29, 0.717) is 21.9 Å². The first kappa shape index (κ1) is 12.3. The highest BCUT2D eigenvalue weighted by atomic mass is 32.2. The molecular weight excluding hydrogens is 244 g/mol. The van der Waals surface area contributed by atoms with Crippen molar-refractivity contribution in [1.29, 1.82) is 5.26 Å². The lowest BCUT2D eigenvalue weighted by molar-refractivity contribution is 0.683. The predicted octanol–water partition coefficient (Wildman–Crippen LogP) is 2.45. The Morgan fingerprint density at radius 2 is 1.78 bits per heavy atom. The molecule has 0 aliphatic carbocycles. The standard InChI is InChI=1S/C14H12N2OS/c15-9-11-5-7-12(8-6-11)10-18(17)14-4-2-1-3-13(14)16/h1-8H,10,16H2. The molecule has 2 rings (SSSR count). The number of hydrogen-bond donors (Lipinski definition) is 1. The van der Waals surface area contributed by atoms with E-state index in [4.69, 9.17) is 11.0 Å². The van der Waals surface area contributed by atoms with Gasteiger partial charge in [-0.25, -0.2) is 0 Å². The second kappa shape index (κ2) is 5.48. The van der Waals surface area contributed by atoms with Crippen molar-refractivity contribution in [2.75, 3.05) is 5.73 Å². The Morgan fingerprint density at radius 1 is 1.11 bits per heavy atom. The Labute approximate surface area is 108 Å². The molecule has 90 valence electrons. The van der Waals surface area contributed by atoms with Crippen LogP contribution in [-0.4, -0.2) is 4.21 Å². The monoisotopic (exact) mass is 256 g/mol. The van der Waals surface area contributed by atoms with Gasteiger partial charge in [0.2, 0.25) is 0 Å². The van der Waals surface area contributed by atoms with Gasteiger partial charge < -0.3 is 5.73 Å². The van der Waals surface area contributed by atoms with Crippen molar-refractivity contribution in [2.45, 2.75) is 10.6 Å². The van der Waals surface area contributed by atoms with Crippen molar-refractivity contribution in [2.24, 2.45) is 0 Å². The molecule has 0 spiro atoms. The maximum absolute atomic E-state index is 12.2. The van der Waals surface area contributed by atoms with E-state index in [1.54, 1.807) is 24.3 Å². The molecule has 0 heterocycles. The summed E-state index contributed by atoms with van der Waals surface area (Å²) in [6.07, 6.45) is 0. The first-order valence-corrected chi connectivity index (χ1v) is 6.74. The second-order valence-electron chi connectivity index (χ2n) is 3.84. The third kappa shape index (κ3) is 2.76. The van der Waals surface area contributed by atoms with E-state index in [1.807, 2.05) is 24.3 Å². The molecule has 0 aliphatic rings. The van der Waals surface area contributed by atoms with Gasteiger partial charge >= 0.3 is 0 Å². The number of anilines is 1. The van der Waals surface area contributed by atoms with Crippen LogP contribution in [0.3, 0.4) is 0 Å². The molecule has 0 saturated heterocycles. The zero-order chi connectivity index (χ0) is 13.0. The average molecular weight is 256 g/mol. The van der Waals surface area contributed by atoms with Gasteiger partial charge in [-0.15, -0.1) is 0 Å². The van der Waals surface area contributed by atoms with E-state index >= 15 is 0 Å². The van der Waals surface area contributed by atoms with Crippen molar-refractivity contribution in [3.63, 3.8) is 0 Å². The van der Waals surface area contributed by atoms with Gasteiger partial charge in [-0.1, -0.05) is 24.3 Å². The van der Waals surface area contributed by atoms with E-state index in [0.717, 1.165) is 5.56 Å². The topological polar surface area (TPSA) is 66.9 Å². The highest BCUT2D eigenvalue weighted by Crippen LogP contribution is 2.18. The lowest BCUT2D eigenvalue weighted by atomic mass is 10.2. The summed E-state index contributed by atoms with van der Waals surface area (Å²) >= 11 is 0. The van der Waals surface area contributed by atoms with Crippen LogP contribution < -0.4 is 5.73 Å². The minimum atomic E-state index is -1.16. The number of para-hydroxylation sites is 1. The molecule has 0 fully saturated rings. The highest BCUT2D eigenvalue weighted by Gasteiger charge is 2.08. The number of nitrogens with zero attached hydrogens (tertiary/aromatic N) is 1. The molecule has 0 saturated carbocycles. The van der Waals surface area contributed by atoms with Gasteiger partial charge in [-0.2, -0.15) is 5.26 Å². The summed E-state index contributed by atoms with van der Waals surface area (Å²) in [6.45, 7) is 0. The Hall–Kier alpha value is -2.12. The number of rotatable bonds is 3. The quantitative estimate of drug-likeness (QED) is 0.858. The van der Waals surface area contributed by atoms with Crippen molar-refractivity contribution in [3.8, 4) is 6.07 Å². The van der Waals surface area contributed by atoms with Crippen LogP contribution in [0.1, 0.15) is 11.1 Å². The third-order valence-corrected chi connectivity index (χ3v) is 4.00. The molecule has 3 nitrogen and oxygen atoms in total. The molecule has 0 aliphatic heterocycles. The van der Waals surface area contributed by atoms with E-state index in [-0.39, 0.29) is 0 Å². The van der Waals surface area contributed by atoms with Gasteiger partial charge in [0.15, 0.2) is 0 Å². The van der Waals surface area contributed by atoms with E-state index < -0.39 is 10.8 Å². The summed E-state index contributed by atoms with van der Waals surface area (Å²) in [7, 11) is -1.16. The fraction of sp³-hybridized carbons (Fsp3) is 0.0714. The third-order valence-electron chi connectivity index (χ3n) is 2.55. The Kier molecular flexibility index (Phi) is 3.75. The van der Waals surface area contributed by atoms with Crippen LogP contribution >= 0.6 is 0 Å². The number of nitrogen functional groups attached to an aromatic ring is 1. The van der Waals surface area contributed by atoms with Crippen LogP contribution in [0.2, 0.25) is 0 Å². The smallest absolute Gasteiger partial charge is 0.0991 e. The Bertz CT molecular complexity index is 614. The van der Waals surface area contributed by atoms with Crippen LogP contribution in [0.25, 0.3) is 0 Å². The molecule has 2 aromatic rings. The number of benzene rings is 2. The number of nitriles is 1. The maximum atomic E-state index is 12.2. The minimum absolute atomic E-state index is 0.403. The number of hydrogen-bond acceptors (Lipinski definition) is 3. The summed E-state index contributed by atoms with van der Waals surface area (Å²) in [5, 5.41) is 8.70. The lowest BCUT2D eigenvalue weighted by Crippen LogP contribution is -2.00. The maximum Gasteiger partial charge on any atom is 0.0991 e. The summed E-state index contributed by atoms with van der Waals surface area (Å²) in [6, 6.07) is 16.3. The van der Waals surface area contributed by atoms with Gasteiger partial charge in [0.1, 0.15) is 0 Å². The van der Waals surface area contributed by atoms with Crippen LogP contribution in [0.5, 0.6) is 0 Å². The van der Waals surface area contributed by atoms with Gasteiger partial charge in [0, 0.05) is 5.69 Å². The van der Waals surface area contributed by atoms with Crippen LogP contribution in [-0.2, 0) is 16.6 Å². The predicted molar refractivity (Wildman–Crippen MR) is 72.1 cm³/mol. The zero-order valence-corrected chi connectivity index (χ0v) is 10.5. The lowest BCUT2D eigenvalue weighted by Gasteiger charge is -2.05. The van der Waals surface area contributed by atoms with Gasteiger partial charge in [-0.05, 0) is 29.8 Å². The van der Waals surface area contributed by atoms with Gasteiger partial charge in [-0.3, -0.25) is 4.21 Å². The molecule has 4 heteroatoms. The molecule has 2 aromatic carbocycles. The molecule has 2 N–H and O–H groups in total. The highest BCUT2D eigenvalue weighted by molar-refractivity contribution is 7.84. The first-order chi connectivity index (χ1) is 8.70. The van der Waals surface area contributed by atoms with Gasteiger partial charge in [0.25, 0.3) is 0 Å². The molecule has 1 unspecified atom stereocenters. The first-order valence-electron chi connectivity index (χ1n) is 5.42. The molecule has 18 heavy (non-hydrogen) atoms. The van der Waals surface area contributed by atoms with Gasteiger partial charge in [0.05, 0.1) is 33.1 Å².